The number of unbranched alkanes of at least 4 members (excludes halogenated alkanes) is 2. The van der Waals surface area contributed by atoms with Gasteiger partial charge in [0, 0.05) is 24.8 Å². The van der Waals surface area contributed by atoms with Crippen molar-refractivity contribution in [1.29, 1.82) is 0 Å². The van der Waals surface area contributed by atoms with Gasteiger partial charge in [0.15, 0.2) is 5.82 Å². The summed E-state index contributed by atoms with van der Waals surface area (Å²) in [5.74, 6) is 1.85. The Hall–Kier alpha value is -2.88. The number of aromatic nitrogens is 3. The molecule has 33 heavy (non-hydrogen) atoms. The Morgan fingerprint density at radius 1 is 1.06 bits per heavy atom. The number of anilines is 2. The highest BCUT2D eigenvalue weighted by atomic mass is 16.5. The molecular formula is C24H36N6O3. The standard InChI is InChI=1S/C24H36N6O3/c1-3-4-5-10-27-23-22-20(28-24(26)29-23)8-11-30(22)16-19-7-6-18(15-21(19)31-2)17-33-14-13-32-12-9-25/h6-8,11,15H,3-5,9-10,12-14,16-17,25H2,1-2H3,(H3,26,27,28,29). The van der Waals surface area contributed by atoms with Gasteiger partial charge in [-0.2, -0.15) is 4.98 Å². The second-order valence-electron chi connectivity index (χ2n) is 7.84. The summed E-state index contributed by atoms with van der Waals surface area (Å²) < 4.78 is 18.8. The lowest BCUT2D eigenvalue weighted by atomic mass is 10.1. The van der Waals surface area contributed by atoms with Crippen LogP contribution >= 0.6 is 0 Å². The van der Waals surface area contributed by atoms with Crippen LogP contribution in [0.15, 0.2) is 30.5 Å². The molecule has 9 nitrogen and oxygen atoms in total. The minimum atomic E-state index is 0.272. The molecule has 0 saturated heterocycles. The maximum atomic E-state index is 5.94. The van der Waals surface area contributed by atoms with Gasteiger partial charge in [0.05, 0.1) is 45.6 Å². The largest absolute Gasteiger partial charge is 0.496 e. The van der Waals surface area contributed by atoms with Gasteiger partial charge in [-0.3, -0.25) is 0 Å². The molecule has 0 amide bonds. The first-order valence-corrected chi connectivity index (χ1v) is 11.5. The van der Waals surface area contributed by atoms with Gasteiger partial charge in [-0.25, -0.2) is 4.98 Å². The fourth-order valence-electron chi connectivity index (χ4n) is 3.65. The van der Waals surface area contributed by atoms with Crippen LogP contribution in [-0.4, -0.2) is 54.6 Å². The molecule has 0 radical (unpaired) electrons. The van der Waals surface area contributed by atoms with E-state index in [2.05, 4.69) is 38.9 Å². The molecule has 0 aliphatic rings. The number of rotatable bonds is 15. The lowest BCUT2D eigenvalue weighted by Gasteiger charge is -2.14. The summed E-state index contributed by atoms with van der Waals surface area (Å²) in [7, 11) is 1.68. The van der Waals surface area contributed by atoms with Gasteiger partial charge >= 0.3 is 0 Å². The molecule has 180 valence electrons. The zero-order chi connectivity index (χ0) is 23.5. The highest BCUT2D eigenvalue weighted by Gasteiger charge is 2.13. The first-order chi connectivity index (χ1) is 16.2. The lowest BCUT2D eigenvalue weighted by molar-refractivity contribution is 0.0433. The first kappa shape index (κ1) is 24.8. The van der Waals surface area contributed by atoms with Crippen molar-refractivity contribution in [2.75, 3.05) is 51.1 Å². The van der Waals surface area contributed by atoms with Crippen molar-refractivity contribution < 1.29 is 14.2 Å². The fourth-order valence-corrected chi connectivity index (χ4v) is 3.65. The molecule has 3 aromatic rings. The van der Waals surface area contributed by atoms with Crippen LogP contribution in [0.2, 0.25) is 0 Å². The topological polar surface area (TPSA) is 122 Å². The summed E-state index contributed by atoms with van der Waals surface area (Å²) >= 11 is 0. The SMILES string of the molecule is CCCCCNc1nc(N)nc2ccn(Cc3ccc(COCCOCCN)cc3OC)c12. The number of nitrogens with zero attached hydrogens (tertiary/aromatic N) is 3. The zero-order valence-electron chi connectivity index (χ0n) is 19.7. The van der Waals surface area contributed by atoms with E-state index >= 15 is 0 Å². The van der Waals surface area contributed by atoms with E-state index in [9.17, 15) is 0 Å². The molecule has 0 bridgehead atoms. The quantitative estimate of drug-likeness (QED) is 0.298. The summed E-state index contributed by atoms with van der Waals surface area (Å²) in [5.41, 5.74) is 15.2. The third-order valence-corrected chi connectivity index (χ3v) is 5.30. The number of hydrogen-bond donors (Lipinski definition) is 3. The number of benzene rings is 1. The van der Waals surface area contributed by atoms with E-state index in [-0.39, 0.29) is 5.95 Å². The van der Waals surface area contributed by atoms with Gasteiger partial charge in [-0.15, -0.1) is 0 Å². The van der Waals surface area contributed by atoms with Crippen LogP contribution in [0.3, 0.4) is 0 Å². The first-order valence-electron chi connectivity index (χ1n) is 11.5. The molecule has 2 aromatic heterocycles. The molecular weight excluding hydrogens is 420 g/mol. The number of methoxy groups -OCH3 is 1. The number of nitrogens with two attached hydrogens (primary N) is 2. The molecule has 0 aliphatic carbocycles. The van der Waals surface area contributed by atoms with Gasteiger partial charge < -0.3 is 35.6 Å². The summed E-state index contributed by atoms with van der Waals surface area (Å²) in [4.78, 5) is 8.86. The summed E-state index contributed by atoms with van der Waals surface area (Å²) in [6.45, 7) is 6.28. The van der Waals surface area contributed by atoms with Gasteiger partial charge in [-0.1, -0.05) is 31.9 Å². The fraction of sp³-hybridized carbons (Fsp3) is 0.500. The predicted octanol–water partition coefficient (Wildman–Crippen LogP) is 3.16. The van der Waals surface area contributed by atoms with Crippen molar-refractivity contribution in [3.8, 4) is 5.75 Å². The number of fused-ring (bicyclic) bond motifs is 1. The Morgan fingerprint density at radius 2 is 1.91 bits per heavy atom. The minimum Gasteiger partial charge on any atom is -0.496 e. The van der Waals surface area contributed by atoms with Crippen LogP contribution in [0.25, 0.3) is 11.0 Å². The Kier molecular flexibility index (Phi) is 9.74. The van der Waals surface area contributed by atoms with Crippen LogP contribution < -0.4 is 21.5 Å². The molecule has 0 saturated carbocycles. The van der Waals surface area contributed by atoms with E-state index in [1.165, 1.54) is 12.8 Å². The second-order valence-corrected chi connectivity index (χ2v) is 7.84. The monoisotopic (exact) mass is 456 g/mol. The molecule has 3 rings (SSSR count). The van der Waals surface area contributed by atoms with Crippen LogP contribution in [0, 0.1) is 0 Å². The van der Waals surface area contributed by atoms with Crippen LogP contribution in [0.4, 0.5) is 11.8 Å². The van der Waals surface area contributed by atoms with Crippen LogP contribution in [0.1, 0.15) is 37.3 Å². The average Bonchev–Trinajstić information content (AvgIpc) is 3.22. The van der Waals surface area contributed by atoms with E-state index in [0.29, 0.717) is 39.5 Å². The van der Waals surface area contributed by atoms with Crippen molar-refractivity contribution in [2.45, 2.75) is 39.3 Å². The van der Waals surface area contributed by atoms with Crippen molar-refractivity contribution in [3.63, 3.8) is 0 Å². The van der Waals surface area contributed by atoms with E-state index < -0.39 is 0 Å². The van der Waals surface area contributed by atoms with E-state index in [1.807, 2.05) is 18.3 Å². The van der Waals surface area contributed by atoms with E-state index in [0.717, 1.165) is 46.7 Å². The minimum absolute atomic E-state index is 0.272. The highest BCUT2D eigenvalue weighted by Crippen LogP contribution is 2.27. The smallest absolute Gasteiger partial charge is 0.222 e. The molecule has 9 heteroatoms. The van der Waals surface area contributed by atoms with Gasteiger partial charge in [0.25, 0.3) is 0 Å². The third kappa shape index (κ3) is 7.05. The molecule has 5 N–H and O–H groups in total. The van der Waals surface area contributed by atoms with Crippen LogP contribution in [0.5, 0.6) is 5.75 Å². The molecule has 1 aromatic carbocycles. The number of nitrogens with one attached hydrogen (secondary N) is 1. The average molecular weight is 457 g/mol. The Balaban J connectivity index is 1.72. The number of nitrogen functional groups attached to an aromatic ring is 1. The normalized spacial score (nSPS) is 11.2. The Labute approximate surface area is 195 Å². The highest BCUT2D eigenvalue weighted by molar-refractivity contribution is 5.87. The molecule has 0 spiro atoms. The van der Waals surface area contributed by atoms with Gasteiger partial charge in [-0.05, 0) is 24.1 Å². The third-order valence-electron chi connectivity index (χ3n) is 5.30. The summed E-state index contributed by atoms with van der Waals surface area (Å²) in [6.07, 6.45) is 5.43. The second kappa shape index (κ2) is 13.0. The van der Waals surface area contributed by atoms with Gasteiger partial charge in [0.2, 0.25) is 5.95 Å². The van der Waals surface area contributed by atoms with E-state index in [1.54, 1.807) is 7.11 Å². The number of hydrogen-bond acceptors (Lipinski definition) is 8. The molecule has 0 aliphatic heterocycles. The van der Waals surface area contributed by atoms with Crippen molar-refractivity contribution >= 4 is 22.8 Å². The summed E-state index contributed by atoms with van der Waals surface area (Å²) in [6, 6.07) is 8.11. The molecule has 2 heterocycles. The maximum absolute atomic E-state index is 5.94. The van der Waals surface area contributed by atoms with Crippen molar-refractivity contribution in [3.05, 3.63) is 41.6 Å². The van der Waals surface area contributed by atoms with Crippen LogP contribution in [-0.2, 0) is 22.6 Å². The van der Waals surface area contributed by atoms with Crippen molar-refractivity contribution in [2.24, 2.45) is 5.73 Å². The maximum Gasteiger partial charge on any atom is 0.222 e. The molecule has 0 fully saturated rings. The Bertz CT molecular complexity index is 1010. The molecule has 0 atom stereocenters. The predicted molar refractivity (Wildman–Crippen MR) is 132 cm³/mol. The Morgan fingerprint density at radius 3 is 2.70 bits per heavy atom. The molecule has 0 unspecified atom stereocenters. The number of ether oxygens (including phenoxy) is 3. The van der Waals surface area contributed by atoms with Crippen molar-refractivity contribution in [1.82, 2.24) is 14.5 Å². The summed E-state index contributed by atoms with van der Waals surface area (Å²) in [5, 5.41) is 3.44. The lowest BCUT2D eigenvalue weighted by Crippen LogP contribution is -2.12. The van der Waals surface area contributed by atoms with E-state index in [4.69, 9.17) is 25.7 Å². The van der Waals surface area contributed by atoms with Gasteiger partial charge in [0.1, 0.15) is 11.3 Å². The zero-order valence-corrected chi connectivity index (χ0v) is 19.7.